The summed E-state index contributed by atoms with van der Waals surface area (Å²) in [4.78, 5) is 5.38. The van der Waals surface area contributed by atoms with Crippen LogP contribution < -0.4 is 11.5 Å². The van der Waals surface area contributed by atoms with Crippen molar-refractivity contribution in [3.8, 4) is 0 Å². The third-order valence-electron chi connectivity index (χ3n) is 1.76. The van der Waals surface area contributed by atoms with E-state index in [1.54, 1.807) is 29.2 Å². The van der Waals surface area contributed by atoms with Crippen molar-refractivity contribution in [3.05, 3.63) is 40.2 Å². The minimum Gasteiger partial charge on any atom is -0.326 e. The van der Waals surface area contributed by atoms with E-state index in [0.29, 0.717) is 6.54 Å². The molecule has 0 aliphatic carbocycles. The smallest absolute Gasteiger partial charge is 0.114 e. The molecule has 5 heteroatoms. The van der Waals surface area contributed by atoms with Crippen LogP contribution in [0.4, 0.5) is 0 Å². The molecule has 82 valence electrons. The molecule has 0 aromatic carbocycles. The quantitative estimate of drug-likeness (QED) is 0.748. The number of nitrogens with two attached hydrogens (primary N) is 2. The number of hydrogen-bond acceptors (Lipinski definition) is 5. The van der Waals surface area contributed by atoms with Gasteiger partial charge in [0.2, 0.25) is 0 Å². The van der Waals surface area contributed by atoms with Crippen LogP contribution in [0.5, 0.6) is 0 Å². The van der Waals surface area contributed by atoms with Crippen molar-refractivity contribution >= 4 is 23.1 Å². The molecule has 0 saturated heterocycles. The molecule has 0 aliphatic rings. The molecule has 15 heavy (non-hydrogen) atoms. The average Bonchev–Trinajstić information content (AvgIpc) is 2.73. The predicted octanol–water partition coefficient (Wildman–Crippen LogP) is 2.03. The fourth-order valence-electron chi connectivity index (χ4n) is 0.878. The van der Waals surface area contributed by atoms with Gasteiger partial charge in [0.15, 0.2) is 0 Å². The van der Waals surface area contributed by atoms with Crippen LogP contribution in [0.25, 0.3) is 0 Å². The molecular formula is C10H15N3S2. The number of thioether (sulfide) groups is 1. The maximum atomic E-state index is 5.78. The highest BCUT2D eigenvalue weighted by Crippen LogP contribution is 2.22. The lowest BCUT2D eigenvalue weighted by molar-refractivity contribution is 0.889. The molecule has 3 nitrogen and oxygen atoms in total. The molecule has 0 spiro atoms. The first-order valence-corrected chi connectivity index (χ1v) is 6.37. The predicted molar refractivity (Wildman–Crippen MR) is 68.7 cm³/mol. The molecular weight excluding hydrogens is 226 g/mol. The van der Waals surface area contributed by atoms with E-state index >= 15 is 0 Å². The normalized spacial score (nSPS) is 12.4. The molecule has 1 heterocycles. The fourth-order valence-corrected chi connectivity index (χ4v) is 2.42. The number of aromatic nitrogens is 1. The summed E-state index contributed by atoms with van der Waals surface area (Å²) in [5, 5.41) is 2.91. The second-order valence-corrected chi connectivity index (χ2v) is 5.01. The molecule has 1 atom stereocenters. The van der Waals surface area contributed by atoms with Gasteiger partial charge in [0.05, 0.1) is 11.7 Å². The summed E-state index contributed by atoms with van der Waals surface area (Å²) in [6.07, 6.45) is 1.69. The summed E-state index contributed by atoms with van der Waals surface area (Å²) in [5.74, 6) is 0.802. The first kappa shape index (κ1) is 12.4. The zero-order valence-electron chi connectivity index (χ0n) is 8.48. The van der Waals surface area contributed by atoms with Crippen LogP contribution in [0.3, 0.4) is 0 Å². The summed E-state index contributed by atoms with van der Waals surface area (Å²) in [6, 6.07) is -0.161. The molecule has 1 rings (SSSR count). The van der Waals surface area contributed by atoms with Gasteiger partial charge in [-0.2, -0.15) is 0 Å². The first-order chi connectivity index (χ1) is 7.17. The highest BCUT2D eigenvalue weighted by atomic mass is 32.2. The van der Waals surface area contributed by atoms with E-state index in [1.807, 2.05) is 5.38 Å². The van der Waals surface area contributed by atoms with Crippen LogP contribution >= 0.6 is 23.1 Å². The Kier molecular flexibility index (Phi) is 5.04. The monoisotopic (exact) mass is 241 g/mol. The second-order valence-electron chi connectivity index (χ2n) is 2.97. The lowest BCUT2D eigenvalue weighted by Crippen LogP contribution is -2.05. The van der Waals surface area contributed by atoms with Crippen LogP contribution in [-0.2, 0) is 5.75 Å². The summed E-state index contributed by atoms with van der Waals surface area (Å²) >= 11 is 3.18. The number of rotatable bonds is 6. The Balaban J connectivity index is 2.53. The standard InChI is InChI=1S/C10H15N3S2/c1-3-9(12)10-13-8(6-15-10)5-14-7(2)4-11/h3,6,9H,1-2,4-5,11-12H2. The van der Waals surface area contributed by atoms with E-state index in [1.165, 1.54) is 0 Å². The van der Waals surface area contributed by atoms with E-state index < -0.39 is 0 Å². The van der Waals surface area contributed by atoms with E-state index in [2.05, 4.69) is 18.1 Å². The van der Waals surface area contributed by atoms with Crippen molar-refractivity contribution in [3.63, 3.8) is 0 Å². The van der Waals surface area contributed by atoms with E-state index in [-0.39, 0.29) is 6.04 Å². The van der Waals surface area contributed by atoms with Crippen molar-refractivity contribution in [2.75, 3.05) is 6.54 Å². The number of thiazole rings is 1. The van der Waals surface area contributed by atoms with Gasteiger partial charge in [-0.05, 0) is 4.91 Å². The largest absolute Gasteiger partial charge is 0.326 e. The Bertz CT molecular complexity index is 346. The Labute approximate surface area is 98.3 Å². The molecule has 1 aromatic rings. The average molecular weight is 241 g/mol. The first-order valence-electron chi connectivity index (χ1n) is 4.50. The summed E-state index contributed by atoms with van der Waals surface area (Å²) in [6.45, 7) is 7.97. The molecule has 1 unspecified atom stereocenters. The maximum Gasteiger partial charge on any atom is 0.114 e. The third kappa shape index (κ3) is 3.79. The summed E-state index contributed by atoms with van der Waals surface area (Å²) in [7, 11) is 0. The molecule has 0 saturated carbocycles. The Morgan fingerprint density at radius 3 is 3.07 bits per heavy atom. The van der Waals surface area contributed by atoms with Gasteiger partial charge in [0.1, 0.15) is 5.01 Å². The van der Waals surface area contributed by atoms with Crippen molar-refractivity contribution in [2.24, 2.45) is 11.5 Å². The van der Waals surface area contributed by atoms with Crippen LogP contribution in [-0.4, -0.2) is 11.5 Å². The van der Waals surface area contributed by atoms with Gasteiger partial charge in [-0.1, -0.05) is 12.7 Å². The lowest BCUT2D eigenvalue weighted by Gasteiger charge is -2.00. The fraction of sp³-hybridized carbons (Fsp3) is 0.300. The molecule has 4 N–H and O–H groups in total. The second kappa shape index (κ2) is 6.07. The van der Waals surface area contributed by atoms with E-state index in [4.69, 9.17) is 11.5 Å². The topological polar surface area (TPSA) is 64.9 Å². The van der Waals surface area contributed by atoms with Crippen molar-refractivity contribution in [1.29, 1.82) is 0 Å². The highest BCUT2D eigenvalue weighted by molar-refractivity contribution is 8.02. The third-order valence-corrected chi connectivity index (χ3v) is 3.77. The van der Waals surface area contributed by atoms with Gasteiger partial charge in [-0.3, -0.25) is 0 Å². The minimum atomic E-state index is -0.161. The number of hydrogen-bond donors (Lipinski definition) is 2. The maximum absolute atomic E-state index is 5.78. The minimum absolute atomic E-state index is 0.161. The summed E-state index contributed by atoms with van der Waals surface area (Å²) in [5.41, 5.74) is 12.2. The molecule has 0 fully saturated rings. The Morgan fingerprint density at radius 1 is 1.73 bits per heavy atom. The summed E-state index contributed by atoms with van der Waals surface area (Å²) < 4.78 is 0. The van der Waals surface area contributed by atoms with Crippen molar-refractivity contribution < 1.29 is 0 Å². The highest BCUT2D eigenvalue weighted by Gasteiger charge is 2.07. The van der Waals surface area contributed by atoms with Gasteiger partial charge < -0.3 is 11.5 Å². The molecule has 0 amide bonds. The van der Waals surface area contributed by atoms with Gasteiger partial charge >= 0.3 is 0 Å². The van der Waals surface area contributed by atoms with Crippen molar-refractivity contribution in [2.45, 2.75) is 11.8 Å². The zero-order chi connectivity index (χ0) is 11.3. The SMILES string of the molecule is C=CC(N)c1nc(CSC(=C)CN)cs1. The Hall–Kier alpha value is -0.620. The van der Waals surface area contributed by atoms with Gasteiger partial charge in [0, 0.05) is 17.7 Å². The zero-order valence-corrected chi connectivity index (χ0v) is 10.1. The van der Waals surface area contributed by atoms with Gasteiger partial charge in [-0.15, -0.1) is 29.7 Å². The van der Waals surface area contributed by atoms with Gasteiger partial charge in [0.25, 0.3) is 0 Å². The molecule has 1 aromatic heterocycles. The molecule has 0 radical (unpaired) electrons. The van der Waals surface area contributed by atoms with Crippen molar-refractivity contribution in [1.82, 2.24) is 4.98 Å². The van der Waals surface area contributed by atoms with Crippen LogP contribution in [0.15, 0.2) is 29.5 Å². The van der Waals surface area contributed by atoms with Crippen LogP contribution in [0, 0.1) is 0 Å². The van der Waals surface area contributed by atoms with Crippen LogP contribution in [0.2, 0.25) is 0 Å². The Morgan fingerprint density at radius 2 is 2.47 bits per heavy atom. The van der Waals surface area contributed by atoms with E-state index in [0.717, 1.165) is 21.4 Å². The van der Waals surface area contributed by atoms with Crippen LogP contribution in [0.1, 0.15) is 16.7 Å². The lowest BCUT2D eigenvalue weighted by atomic mass is 10.3. The van der Waals surface area contributed by atoms with Gasteiger partial charge in [-0.25, -0.2) is 4.98 Å². The molecule has 0 bridgehead atoms. The van der Waals surface area contributed by atoms with E-state index in [9.17, 15) is 0 Å². The molecule has 0 aliphatic heterocycles. The number of nitrogens with zero attached hydrogens (tertiary/aromatic N) is 1.